The Kier molecular flexibility index (Phi) is 7.73. The van der Waals surface area contributed by atoms with Crippen LogP contribution in [0.3, 0.4) is 0 Å². The summed E-state index contributed by atoms with van der Waals surface area (Å²) in [6.07, 6.45) is 1.25. The molecular formula is C17H24ClN5O3. The van der Waals surface area contributed by atoms with Crippen LogP contribution in [0, 0.1) is 17.0 Å². The molecule has 142 valence electrons. The highest BCUT2D eigenvalue weighted by Crippen LogP contribution is 2.17. The van der Waals surface area contributed by atoms with Crippen molar-refractivity contribution in [2.75, 3.05) is 6.54 Å². The van der Waals surface area contributed by atoms with Gasteiger partial charge in [-0.2, -0.15) is 0 Å². The van der Waals surface area contributed by atoms with E-state index >= 15 is 0 Å². The second-order valence-corrected chi connectivity index (χ2v) is 6.26. The first kappa shape index (κ1) is 21.6. The van der Waals surface area contributed by atoms with Gasteiger partial charge in [-0.15, -0.1) is 12.4 Å². The van der Waals surface area contributed by atoms with Crippen LogP contribution in [-0.2, 0) is 11.3 Å². The van der Waals surface area contributed by atoms with E-state index in [1.54, 1.807) is 6.92 Å². The number of rotatable bonds is 7. The summed E-state index contributed by atoms with van der Waals surface area (Å²) in [5, 5.41) is 13.5. The van der Waals surface area contributed by atoms with Crippen LogP contribution in [0.4, 0.5) is 5.82 Å². The number of carbonyl (C=O) groups excluding carboxylic acids is 1. The van der Waals surface area contributed by atoms with Gasteiger partial charge in [-0.05, 0) is 27.0 Å². The van der Waals surface area contributed by atoms with E-state index < -0.39 is 4.92 Å². The fourth-order valence-corrected chi connectivity index (χ4v) is 2.42. The number of amides is 1. The zero-order valence-electron chi connectivity index (χ0n) is 15.0. The van der Waals surface area contributed by atoms with Gasteiger partial charge in [-0.25, -0.2) is 0 Å². The van der Waals surface area contributed by atoms with E-state index in [0.717, 1.165) is 5.56 Å². The quantitative estimate of drug-likeness (QED) is 0.564. The Balaban J connectivity index is 0.00000338. The topological polar surface area (TPSA) is 116 Å². The lowest BCUT2D eigenvalue weighted by Gasteiger charge is -2.14. The van der Waals surface area contributed by atoms with Crippen molar-refractivity contribution in [3.8, 4) is 0 Å². The molecule has 1 unspecified atom stereocenters. The molecule has 8 nitrogen and oxygen atoms in total. The lowest BCUT2D eigenvalue weighted by Crippen LogP contribution is -2.34. The molecule has 1 amide bonds. The summed E-state index contributed by atoms with van der Waals surface area (Å²) in [4.78, 5) is 25.9. The van der Waals surface area contributed by atoms with Gasteiger partial charge < -0.3 is 21.2 Å². The zero-order valence-corrected chi connectivity index (χ0v) is 15.8. The molecule has 1 aromatic carbocycles. The Morgan fingerprint density at radius 3 is 2.38 bits per heavy atom. The van der Waals surface area contributed by atoms with E-state index in [1.807, 2.05) is 24.3 Å². The van der Waals surface area contributed by atoms with E-state index in [4.69, 9.17) is 5.73 Å². The fourth-order valence-electron chi connectivity index (χ4n) is 2.42. The average Bonchev–Trinajstić information content (AvgIpc) is 2.94. The van der Waals surface area contributed by atoms with Gasteiger partial charge in [-0.3, -0.25) is 9.36 Å². The van der Waals surface area contributed by atoms with Gasteiger partial charge in [0.1, 0.15) is 12.7 Å². The smallest absolute Gasteiger partial charge is 0.358 e. The summed E-state index contributed by atoms with van der Waals surface area (Å²) in [6, 6.07) is 7.69. The summed E-state index contributed by atoms with van der Waals surface area (Å²) in [5.41, 5.74) is 8.29. The molecule has 0 aliphatic rings. The fraction of sp³-hybridized carbons (Fsp3) is 0.412. The number of nitrogens with zero attached hydrogens (tertiary/aromatic N) is 3. The minimum atomic E-state index is -0.585. The monoisotopic (exact) mass is 381 g/mol. The third kappa shape index (κ3) is 5.53. The normalized spacial score (nSPS) is 11.7. The molecule has 1 aromatic heterocycles. The van der Waals surface area contributed by atoms with Crippen molar-refractivity contribution in [2.24, 2.45) is 5.73 Å². The van der Waals surface area contributed by atoms with Crippen molar-refractivity contribution in [1.82, 2.24) is 14.9 Å². The molecule has 0 saturated heterocycles. The van der Waals surface area contributed by atoms with Gasteiger partial charge in [0.2, 0.25) is 11.7 Å². The van der Waals surface area contributed by atoms with Crippen LogP contribution >= 0.6 is 12.4 Å². The molecule has 9 heteroatoms. The highest BCUT2D eigenvalue weighted by Gasteiger charge is 2.17. The molecule has 2 aromatic rings. The summed E-state index contributed by atoms with van der Waals surface area (Å²) in [7, 11) is 0. The van der Waals surface area contributed by atoms with Crippen molar-refractivity contribution >= 4 is 24.1 Å². The largest absolute Gasteiger partial charge is 0.381 e. The van der Waals surface area contributed by atoms with E-state index in [0.29, 0.717) is 11.7 Å². The Morgan fingerprint density at radius 2 is 1.88 bits per heavy atom. The molecule has 0 radical (unpaired) electrons. The van der Waals surface area contributed by atoms with Gasteiger partial charge >= 0.3 is 5.82 Å². The molecule has 0 aliphatic carbocycles. The van der Waals surface area contributed by atoms with Crippen LogP contribution in [0.2, 0.25) is 0 Å². The van der Waals surface area contributed by atoms with Crippen molar-refractivity contribution in [3.63, 3.8) is 0 Å². The molecule has 0 aliphatic heterocycles. The minimum Gasteiger partial charge on any atom is -0.358 e. The predicted molar refractivity (Wildman–Crippen MR) is 101 cm³/mol. The Bertz CT molecular complexity index is 758. The van der Waals surface area contributed by atoms with Crippen molar-refractivity contribution in [3.05, 3.63) is 57.5 Å². The van der Waals surface area contributed by atoms with E-state index in [9.17, 15) is 14.9 Å². The number of benzene rings is 1. The first-order valence-electron chi connectivity index (χ1n) is 8.08. The maximum absolute atomic E-state index is 12.0. The zero-order chi connectivity index (χ0) is 18.6. The third-order valence-corrected chi connectivity index (χ3v) is 4.01. The van der Waals surface area contributed by atoms with E-state index in [-0.39, 0.29) is 43.3 Å². The Labute approximate surface area is 158 Å². The summed E-state index contributed by atoms with van der Waals surface area (Å²) >= 11 is 0. The number of nitro groups is 1. The standard InChI is InChI=1S/C17H23N5O3.ClH/c1-11(2)13-4-6-14(7-5-13)15(18)8-19-17(23)10-21-9-16(22(24)25)20-12(21)3;/h4-7,9,11,15H,8,10,18H2,1-3H3,(H,19,23);1H. The minimum absolute atomic E-state index is 0. The molecule has 0 saturated carbocycles. The highest BCUT2D eigenvalue weighted by molar-refractivity contribution is 5.85. The number of hydrogen-bond donors (Lipinski definition) is 2. The van der Waals surface area contributed by atoms with Gasteiger partial charge in [0.05, 0.1) is 0 Å². The maximum atomic E-state index is 12.0. The molecular weight excluding hydrogens is 358 g/mol. The van der Waals surface area contributed by atoms with Crippen LogP contribution in [0.5, 0.6) is 0 Å². The van der Waals surface area contributed by atoms with E-state index in [2.05, 4.69) is 24.1 Å². The first-order chi connectivity index (χ1) is 11.8. The number of aryl methyl sites for hydroxylation is 1. The lowest BCUT2D eigenvalue weighted by molar-refractivity contribution is -0.389. The van der Waals surface area contributed by atoms with Crippen LogP contribution in [0.25, 0.3) is 0 Å². The molecule has 1 atom stereocenters. The molecule has 0 bridgehead atoms. The number of aromatic nitrogens is 2. The third-order valence-electron chi connectivity index (χ3n) is 4.01. The number of hydrogen-bond acceptors (Lipinski definition) is 5. The molecule has 0 fully saturated rings. The second-order valence-electron chi connectivity index (χ2n) is 6.26. The number of halogens is 1. The Hall–Kier alpha value is -2.45. The van der Waals surface area contributed by atoms with Crippen molar-refractivity contribution in [2.45, 2.75) is 39.3 Å². The van der Waals surface area contributed by atoms with Crippen molar-refractivity contribution < 1.29 is 9.72 Å². The summed E-state index contributed by atoms with van der Waals surface area (Å²) in [5.74, 6) is 0.319. The van der Waals surface area contributed by atoms with Gasteiger partial charge in [0.25, 0.3) is 0 Å². The maximum Gasteiger partial charge on any atom is 0.381 e. The number of nitrogens with one attached hydrogen (secondary N) is 1. The average molecular weight is 382 g/mol. The van der Waals surface area contributed by atoms with Crippen LogP contribution < -0.4 is 11.1 Å². The van der Waals surface area contributed by atoms with Gasteiger partial charge in [0.15, 0.2) is 0 Å². The number of nitrogens with two attached hydrogens (primary N) is 1. The summed E-state index contributed by atoms with van der Waals surface area (Å²) in [6.45, 7) is 6.11. The van der Waals surface area contributed by atoms with Gasteiger partial charge in [0, 0.05) is 19.5 Å². The van der Waals surface area contributed by atoms with Crippen molar-refractivity contribution in [1.29, 1.82) is 0 Å². The molecule has 3 N–H and O–H groups in total. The van der Waals surface area contributed by atoms with Crippen LogP contribution in [0.15, 0.2) is 30.5 Å². The summed E-state index contributed by atoms with van der Waals surface area (Å²) < 4.78 is 1.44. The molecule has 0 spiro atoms. The Morgan fingerprint density at radius 1 is 1.31 bits per heavy atom. The predicted octanol–water partition coefficient (Wildman–Crippen LogP) is 2.46. The van der Waals surface area contributed by atoms with Crippen LogP contribution in [0.1, 0.15) is 42.8 Å². The number of carbonyl (C=O) groups is 1. The first-order valence-corrected chi connectivity index (χ1v) is 8.08. The lowest BCUT2D eigenvalue weighted by atomic mass is 9.99. The van der Waals surface area contributed by atoms with E-state index in [1.165, 1.54) is 16.3 Å². The second kappa shape index (κ2) is 9.30. The van der Waals surface area contributed by atoms with Gasteiger partial charge in [-0.1, -0.05) is 38.1 Å². The molecule has 1 heterocycles. The number of imidazole rings is 1. The molecule has 26 heavy (non-hydrogen) atoms. The van der Waals surface area contributed by atoms with Crippen LogP contribution in [-0.4, -0.2) is 26.9 Å². The molecule has 2 rings (SSSR count). The SMILES string of the molecule is Cc1nc([N+](=O)[O-])cn1CC(=O)NCC(N)c1ccc(C(C)C)cc1.Cl. The highest BCUT2D eigenvalue weighted by atomic mass is 35.5.